The molecule has 0 radical (unpaired) electrons. The van der Waals surface area contributed by atoms with Crippen LogP contribution in [0.2, 0.25) is 0 Å². The third kappa shape index (κ3) is 3.78. The smallest absolute Gasteiger partial charge is 0.242 e. The largest absolute Gasteiger partial charge is 0.312 e. The van der Waals surface area contributed by atoms with E-state index in [0.29, 0.717) is 23.4 Å². The van der Waals surface area contributed by atoms with E-state index in [-0.39, 0.29) is 16.8 Å². The third-order valence-electron chi connectivity index (χ3n) is 5.34. The Hall–Kier alpha value is -0.920. The fourth-order valence-corrected chi connectivity index (χ4v) is 6.29. The minimum atomic E-state index is -3.64. The lowest BCUT2D eigenvalue weighted by Gasteiger charge is -2.29. The van der Waals surface area contributed by atoms with E-state index in [2.05, 4.69) is 27.6 Å². The molecule has 7 heteroatoms. The molecule has 1 N–H and O–H groups in total. The molecule has 3 rings (SSSR count). The van der Waals surface area contributed by atoms with Gasteiger partial charge in [0.25, 0.3) is 0 Å². The standard InChI is InChI=1S/C18H25BrN2O3S/c1-3-18(22)21-9-8-13-10-14(19)17(11-16(13)21)25(23,24)20-15-7-5-4-6-12(15)2/h10-12,15,20H,3-9H2,1-2H3. The van der Waals surface area contributed by atoms with Crippen molar-refractivity contribution in [2.75, 3.05) is 11.4 Å². The number of hydrogen-bond donors (Lipinski definition) is 1. The van der Waals surface area contributed by atoms with E-state index in [1.165, 1.54) is 0 Å². The van der Waals surface area contributed by atoms with Gasteiger partial charge in [-0.25, -0.2) is 13.1 Å². The molecule has 1 fully saturated rings. The first-order valence-electron chi connectivity index (χ1n) is 8.98. The van der Waals surface area contributed by atoms with E-state index >= 15 is 0 Å². The third-order valence-corrected chi connectivity index (χ3v) is 7.79. The highest BCUT2D eigenvalue weighted by Crippen LogP contribution is 2.36. The predicted octanol–water partition coefficient (Wildman–Crippen LogP) is 3.61. The van der Waals surface area contributed by atoms with Crippen molar-refractivity contribution < 1.29 is 13.2 Å². The highest BCUT2D eigenvalue weighted by atomic mass is 79.9. The van der Waals surface area contributed by atoms with Gasteiger partial charge in [-0.05, 0) is 58.8 Å². The quantitative estimate of drug-likeness (QED) is 0.796. The molecule has 0 bridgehead atoms. The molecule has 1 saturated carbocycles. The van der Waals surface area contributed by atoms with Crippen molar-refractivity contribution in [1.82, 2.24) is 4.72 Å². The number of sulfonamides is 1. The molecule has 0 spiro atoms. The number of hydrogen-bond acceptors (Lipinski definition) is 3. The molecule has 1 aliphatic carbocycles. The van der Waals surface area contributed by atoms with Crippen molar-refractivity contribution in [1.29, 1.82) is 0 Å². The van der Waals surface area contributed by atoms with Gasteiger partial charge in [0.1, 0.15) is 0 Å². The Bertz CT molecular complexity index is 779. The molecule has 1 aromatic rings. The van der Waals surface area contributed by atoms with Crippen molar-refractivity contribution >= 4 is 37.5 Å². The van der Waals surface area contributed by atoms with Gasteiger partial charge in [0, 0.05) is 29.2 Å². The molecule has 1 amide bonds. The van der Waals surface area contributed by atoms with Gasteiger partial charge in [0.15, 0.2) is 0 Å². The summed E-state index contributed by atoms with van der Waals surface area (Å²) in [7, 11) is -3.64. The van der Waals surface area contributed by atoms with Gasteiger partial charge in [-0.3, -0.25) is 4.79 Å². The monoisotopic (exact) mass is 428 g/mol. The van der Waals surface area contributed by atoms with Gasteiger partial charge in [0.2, 0.25) is 15.9 Å². The number of rotatable bonds is 4. The summed E-state index contributed by atoms with van der Waals surface area (Å²) < 4.78 is 29.4. The number of carbonyl (C=O) groups is 1. The fraction of sp³-hybridized carbons (Fsp3) is 0.611. The van der Waals surface area contributed by atoms with E-state index in [0.717, 1.165) is 43.4 Å². The lowest BCUT2D eigenvalue weighted by molar-refractivity contribution is -0.118. The van der Waals surface area contributed by atoms with Crippen LogP contribution < -0.4 is 9.62 Å². The molecule has 0 saturated heterocycles. The first kappa shape index (κ1) is 18.9. The zero-order valence-electron chi connectivity index (χ0n) is 14.7. The first-order chi connectivity index (χ1) is 11.8. The van der Waals surface area contributed by atoms with Gasteiger partial charge < -0.3 is 4.90 Å². The molecule has 1 aromatic carbocycles. The summed E-state index contributed by atoms with van der Waals surface area (Å²) >= 11 is 3.42. The summed E-state index contributed by atoms with van der Waals surface area (Å²) in [4.78, 5) is 14.1. The fourth-order valence-electron chi connectivity index (χ4n) is 3.80. The molecule has 1 aliphatic heterocycles. The lowest BCUT2D eigenvalue weighted by atomic mass is 9.87. The minimum Gasteiger partial charge on any atom is -0.312 e. The molecule has 2 atom stereocenters. The molecule has 0 aromatic heterocycles. The number of benzene rings is 1. The molecular formula is C18H25BrN2O3S. The summed E-state index contributed by atoms with van der Waals surface area (Å²) in [5, 5.41) is 0. The van der Waals surface area contributed by atoms with Crippen molar-refractivity contribution in [3.63, 3.8) is 0 Å². The Balaban J connectivity index is 1.92. The van der Waals surface area contributed by atoms with E-state index < -0.39 is 10.0 Å². The molecule has 2 unspecified atom stereocenters. The average Bonchev–Trinajstić information content (AvgIpc) is 2.98. The summed E-state index contributed by atoms with van der Waals surface area (Å²) in [6.07, 6.45) is 5.32. The summed E-state index contributed by atoms with van der Waals surface area (Å²) in [5.41, 5.74) is 1.74. The highest BCUT2D eigenvalue weighted by Gasteiger charge is 2.31. The summed E-state index contributed by atoms with van der Waals surface area (Å²) in [6, 6.07) is 3.47. The van der Waals surface area contributed by atoms with Crippen LogP contribution in [0.4, 0.5) is 5.69 Å². The number of nitrogens with zero attached hydrogens (tertiary/aromatic N) is 1. The number of fused-ring (bicyclic) bond motifs is 1. The van der Waals surface area contributed by atoms with Crippen LogP contribution >= 0.6 is 15.9 Å². The topological polar surface area (TPSA) is 66.5 Å². The maximum Gasteiger partial charge on any atom is 0.242 e. The Morgan fingerprint density at radius 1 is 1.32 bits per heavy atom. The maximum atomic E-state index is 13.0. The molecule has 2 aliphatic rings. The van der Waals surface area contributed by atoms with E-state index in [9.17, 15) is 13.2 Å². The van der Waals surface area contributed by atoms with E-state index in [1.807, 2.05) is 13.0 Å². The van der Waals surface area contributed by atoms with Crippen LogP contribution in [-0.4, -0.2) is 26.9 Å². The summed E-state index contributed by atoms with van der Waals surface area (Å²) in [5.74, 6) is 0.369. The number of amides is 1. The normalized spacial score (nSPS) is 23.6. The van der Waals surface area contributed by atoms with Crippen LogP contribution in [0.3, 0.4) is 0 Å². The SMILES string of the molecule is CCC(=O)N1CCc2cc(Br)c(S(=O)(=O)NC3CCCCC3C)cc21. The molecule has 5 nitrogen and oxygen atoms in total. The molecular weight excluding hydrogens is 404 g/mol. The van der Waals surface area contributed by atoms with Gasteiger partial charge in [0.05, 0.1) is 4.90 Å². The van der Waals surface area contributed by atoms with Gasteiger partial charge in [-0.2, -0.15) is 0 Å². The average molecular weight is 429 g/mol. The van der Waals surface area contributed by atoms with E-state index in [4.69, 9.17) is 0 Å². The Morgan fingerprint density at radius 2 is 2.04 bits per heavy atom. The van der Waals surface area contributed by atoms with Crippen LogP contribution in [-0.2, 0) is 21.2 Å². The second-order valence-corrected chi connectivity index (χ2v) is 9.59. The number of carbonyl (C=O) groups excluding carboxylic acids is 1. The van der Waals surface area contributed by atoms with Gasteiger partial charge in [-0.1, -0.05) is 26.7 Å². The second-order valence-electron chi connectivity index (χ2n) is 7.05. The lowest BCUT2D eigenvalue weighted by Crippen LogP contribution is -2.41. The number of anilines is 1. The summed E-state index contributed by atoms with van der Waals surface area (Å²) in [6.45, 7) is 4.54. The van der Waals surface area contributed by atoms with Crippen LogP contribution in [0, 0.1) is 5.92 Å². The van der Waals surface area contributed by atoms with Gasteiger partial charge in [-0.15, -0.1) is 0 Å². The van der Waals surface area contributed by atoms with Crippen LogP contribution in [0.1, 0.15) is 51.5 Å². The van der Waals surface area contributed by atoms with Crippen molar-refractivity contribution in [2.45, 2.75) is 63.3 Å². The predicted molar refractivity (Wildman–Crippen MR) is 102 cm³/mol. The molecule has 25 heavy (non-hydrogen) atoms. The number of nitrogens with one attached hydrogen (secondary N) is 1. The second kappa shape index (κ2) is 7.37. The minimum absolute atomic E-state index is 0.0210. The van der Waals surface area contributed by atoms with Crippen LogP contribution in [0.5, 0.6) is 0 Å². The zero-order valence-corrected chi connectivity index (χ0v) is 17.1. The van der Waals surface area contributed by atoms with Crippen molar-refractivity contribution in [3.8, 4) is 0 Å². The molecule has 138 valence electrons. The van der Waals surface area contributed by atoms with Gasteiger partial charge >= 0.3 is 0 Å². The van der Waals surface area contributed by atoms with Crippen molar-refractivity contribution in [3.05, 3.63) is 22.2 Å². The van der Waals surface area contributed by atoms with Crippen molar-refractivity contribution in [2.24, 2.45) is 5.92 Å². The first-order valence-corrected chi connectivity index (χ1v) is 11.3. The Kier molecular flexibility index (Phi) is 5.56. The van der Waals surface area contributed by atoms with E-state index in [1.54, 1.807) is 11.0 Å². The van der Waals surface area contributed by atoms with Crippen LogP contribution in [0.25, 0.3) is 0 Å². The maximum absolute atomic E-state index is 13.0. The Morgan fingerprint density at radius 3 is 2.72 bits per heavy atom. The number of halogens is 1. The van der Waals surface area contributed by atoms with Crippen LogP contribution in [0.15, 0.2) is 21.5 Å². The molecule has 1 heterocycles. The zero-order chi connectivity index (χ0) is 18.2. The Labute approximate surface area is 158 Å². The highest BCUT2D eigenvalue weighted by molar-refractivity contribution is 9.10.